The number of hydrazone groups is 1. The average molecular weight is 548 g/mol. The fourth-order valence-electron chi connectivity index (χ4n) is 4.52. The van der Waals surface area contributed by atoms with Gasteiger partial charge in [0, 0.05) is 24.2 Å². The second kappa shape index (κ2) is 17.4. The van der Waals surface area contributed by atoms with Gasteiger partial charge in [-0.1, -0.05) is 33.8 Å². The van der Waals surface area contributed by atoms with Gasteiger partial charge in [-0.25, -0.2) is 4.98 Å². The highest BCUT2D eigenvalue weighted by Gasteiger charge is 2.36. The van der Waals surface area contributed by atoms with E-state index < -0.39 is 6.10 Å². The minimum absolute atomic E-state index is 0.208. The third-order valence-electron chi connectivity index (χ3n) is 6.48. The number of hydrogen-bond donors (Lipinski definition) is 2. The zero-order valence-electron chi connectivity index (χ0n) is 25.1. The van der Waals surface area contributed by atoms with Crippen molar-refractivity contribution >= 4 is 23.8 Å². The van der Waals surface area contributed by atoms with Gasteiger partial charge in [0.25, 0.3) is 0 Å². The summed E-state index contributed by atoms with van der Waals surface area (Å²) in [4.78, 5) is 10.2. The first-order valence-electron chi connectivity index (χ1n) is 14.1. The molecule has 10 nitrogen and oxygen atoms in total. The normalized spacial score (nSPS) is 17.3. The molecule has 10 heteroatoms. The Labute approximate surface area is 239 Å². The number of aliphatic imine (C=N–C) groups is 1. The lowest BCUT2D eigenvalue weighted by Crippen LogP contribution is -2.37. The number of likely N-dealkylation sites (tertiary alicyclic amines) is 1. The van der Waals surface area contributed by atoms with Gasteiger partial charge in [-0.2, -0.15) is 15.6 Å². The maximum absolute atomic E-state index is 9.31. The Hall–Kier alpha value is -4.18. The third kappa shape index (κ3) is 8.67. The molecule has 2 fully saturated rings. The van der Waals surface area contributed by atoms with E-state index in [1.807, 2.05) is 46.4 Å². The number of nitriles is 2. The van der Waals surface area contributed by atoms with Gasteiger partial charge in [0.05, 0.1) is 17.6 Å². The van der Waals surface area contributed by atoms with Crippen LogP contribution >= 0.6 is 0 Å². The topological polar surface area (TPSA) is 152 Å². The number of piperidine rings is 1. The van der Waals surface area contributed by atoms with E-state index in [2.05, 4.69) is 34.1 Å². The van der Waals surface area contributed by atoms with Gasteiger partial charge in [-0.3, -0.25) is 9.39 Å². The zero-order valence-corrected chi connectivity index (χ0v) is 25.1. The van der Waals surface area contributed by atoms with Crippen LogP contribution in [0.3, 0.4) is 0 Å². The first-order valence-corrected chi connectivity index (χ1v) is 14.1. The Morgan fingerprint density at radius 2 is 1.90 bits per heavy atom. The molecule has 0 spiro atoms. The smallest absolute Gasteiger partial charge is 0.201 e. The summed E-state index contributed by atoms with van der Waals surface area (Å²) in [6, 6.07) is 6.07. The first-order chi connectivity index (χ1) is 19.4. The van der Waals surface area contributed by atoms with Gasteiger partial charge in [-0.05, 0) is 71.6 Å². The van der Waals surface area contributed by atoms with Crippen molar-refractivity contribution in [2.75, 3.05) is 6.54 Å². The van der Waals surface area contributed by atoms with Crippen molar-refractivity contribution in [2.45, 2.75) is 92.7 Å². The summed E-state index contributed by atoms with van der Waals surface area (Å²) in [6.07, 6.45) is 11.7. The summed E-state index contributed by atoms with van der Waals surface area (Å²) < 4.78 is 7.58. The molecule has 40 heavy (non-hydrogen) atoms. The van der Waals surface area contributed by atoms with Crippen LogP contribution in [0, 0.1) is 34.1 Å². The number of nitrogens with two attached hydrogens (primary N) is 1. The zero-order chi connectivity index (χ0) is 30.2. The molecule has 1 aliphatic carbocycles. The Morgan fingerprint density at radius 1 is 1.23 bits per heavy atom. The van der Waals surface area contributed by atoms with E-state index in [4.69, 9.17) is 21.3 Å². The van der Waals surface area contributed by atoms with Crippen molar-refractivity contribution in [3.63, 3.8) is 0 Å². The lowest BCUT2D eigenvalue weighted by atomic mass is 9.99. The minimum atomic E-state index is -0.394. The van der Waals surface area contributed by atoms with Crippen molar-refractivity contribution in [2.24, 2.45) is 21.9 Å². The van der Waals surface area contributed by atoms with Crippen LogP contribution < -0.4 is 10.6 Å². The Balaban J connectivity index is 0.000000440. The Morgan fingerprint density at radius 3 is 2.40 bits per heavy atom. The van der Waals surface area contributed by atoms with Crippen LogP contribution in [-0.4, -0.2) is 51.1 Å². The highest BCUT2D eigenvalue weighted by molar-refractivity contribution is 6.46. The van der Waals surface area contributed by atoms with E-state index >= 15 is 0 Å². The van der Waals surface area contributed by atoms with Crippen molar-refractivity contribution < 1.29 is 4.74 Å². The molecule has 0 radical (unpaired) electrons. The standard InChI is InChI=1S/C17H19N7O.C9H14N2.2C2H6/c1-5-14(21-4)11(3)25-16-7-12(17(23-20)10(2)19)6-15-22-9-13(8-18)24(15)16;10-7-11-6-2-1-3-9(11)8-4-5-8;2*1-2/h5-7,9,11,19H,4,20H2,1-3H3;8-9H,1-6H2;2*1-2H3/b14-5-,19-10?,23-17+;;;. The summed E-state index contributed by atoms with van der Waals surface area (Å²) >= 11 is 0. The van der Waals surface area contributed by atoms with Gasteiger partial charge < -0.3 is 20.9 Å². The number of nitrogens with zero attached hydrogens (tertiary/aromatic N) is 7. The predicted molar refractivity (Wildman–Crippen MR) is 163 cm³/mol. The fourth-order valence-corrected chi connectivity index (χ4v) is 4.52. The lowest BCUT2D eigenvalue weighted by Gasteiger charge is -2.31. The van der Waals surface area contributed by atoms with Crippen LogP contribution in [0.5, 0.6) is 5.88 Å². The SMILES string of the molecule is C=N/C(=C\C)C(C)Oc1cc(/C(=N/N)C(C)=N)cc2ncc(C#N)n12.CC.CC.N#CN1CCCCC1C1CC1. The molecule has 2 atom stereocenters. The van der Waals surface area contributed by atoms with Crippen LogP contribution in [0.15, 0.2) is 40.2 Å². The maximum atomic E-state index is 9.31. The average Bonchev–Trinajstić information content (AvgIpc) is 3.75. The van der Waals surface area contributed by atoms with Gasteiger partial charge in [0.15, 0.2) is 6.19 Å². The van der Waals surface area contributed by atoms with Gasteiger partial charge in [0.2, 0.25) is 5.88 Å². The summed E-state index contributed by atoms with van der Waals surface area (Å²) in [5.74, 6) is 6.66. The van der Waals surface area contributed by atoms with Crippen LogP contribution in [0.2, 0.25) is 0 Å². The summed E-state index contributed by atoms with van der Waals surface area (Å²) in [5.41, 5.74) is 2.58. The van der Waals surface area contributed by atoms with E-state index in [1.165, 1.54) is 38.3 Å². The van der Waals surface area contributed by atoms with Crippen LogP contribution in [0.25, 0.3) is 5.65 Å². The van der Waals surface area contributed by atoms with Crippen LogP contribution in [-0.2, 0) is 0 Å². The number of imidazole rings is 1. The number of hydrogen-bond acceptors (Lipinski definition) is 9. The van der Waals surface area contributed by atoms with Crippen molar-refractivity contribution in [1.29, 1.82) is 15.9 Å². The summed E-state index contributed by atoms with van der Waals surface area (Å²) in [5, 5.41) is 29.6. The number of aromatic nitrogens is 2. The molecule has 3 N–H and O–H groups in total. The summed E-state index contributed by atoms with van der Waals surface area (Å²) in [7, 11) is 0. The van der Waals surface area contributed by atoms with E-state index in [9.17, 15) is 5.26 Å². The number of nitrogens with one attached hydrogen (secondary N) is 1. The van der Waals surface area contributed by atoms with Crippen molar-refractivity contribution in [3.8, 4) is 18.1 Å². The second-order valence-electron chi connectivity index (χ2n) is 8.96. The van der Waals surface area contributed by atoms with Crippen LogP contribution in [0.4, 0.5) is 0 Å². The fraction of sp³-hybridized carbons (Fsp3) is 0.533. The molecule has 0 aromatic carbocycles. The van der Waals surface area contributed by atoms with Crippen LogP contribution in [0.1, 0.15) is 91.8 Å². The molecule has 2 aliphatic rings. The molecule has 2 aromatic rings. The Bertz CT molecular complexity index is 1260. The highest BCUT2D eigenvalue weighted by atomic mass is 16.5. The molecule has 216 valence electrons. The Kier molecular flexibility index (Phi) is 14.7. The summed E-state index contributed by atoms with van der Waals surface area (Å²) in [6.45, 7) is 17.8. The molecule has 0 bridgehead atoms. The molecular weight excluding hydrogens is 502 g/mol. The van der Waals surface area contributed by atoms with E-state index in [-0.39, 0.29) is 5.71 Å². The highest BCUT2D eigenvalue weighted by Crippen LogP contribution is 2.39. The lowest BCUT2D eigenvalue weighted by molar-refractivity contribution is 0.201. The molecule has 1 saturated heterocycles. The predicted octanol–water partition coefficient (Wildman–Crippen LogP) is 6.06. The molecule has 1 aliphatic heterocycles. The molecular formula is C30H45N9O. The third-order valence-corrected chi connectivity index (χ3v) is 6.48. The number of fused-ring (bicyclic) bond motifs is 1. The molecule has 1 saturated carbocycles. The molecule has 3 heterocycles. The number of allylic oxidation sites excluding steroid dienone is 1. The van der Waals surface area contributed by atoms with Gasteiger partial charge in [0.1, 0.15) is 29.2 Å². The number of rotatable bonds is 7. The molecule has 0 amide bonds. The quantitative estimate of drug-likeness (QED) is 0.186. The van der Waals surface area contributed by atoms with Gasteiger partial charge >= 0.3 is 0 Å². The maximum Gasteiger partial charge on any atom is 0.201 e. The molecule has 2 unspecified atom stereocenters. The van der Waals surface area contributed by atoms with E-state index in [0.717, 1.165) is 12.5 Å². The molecule has 4 rings (SSSR count). The monoisotopic (exact) mass is 547 g/mol. The minimum Gasteiger partial charge on any atom is -0.469 e. The number of ether oxygens (including phenoxy) is 1. The van der Waals surface area contributed by atoms with Crippen molar-refractivity contribution in [3.05, 3.63) is 41.4 Å². The molecule has 2 aromatic heterocycles. The number of pyridine rings is 1. The van der Waals surface area contributed by atoms with Crippen molar-refractivity contribution in [1.82, 2.24) is 14.3 Å². The van der Waals surface area contributed by atoms with E-state index in [1.54, 1.807) is 29.5 Å². The van der Waals surface area contributed by atoms with E-state index in [0.29, 0.717) is 40.2 Å². The first kappa shape index (κ1) is 33.8. The largest absolute Gasteiger partial charge is 0.469 e. The second-order valence-corrected chi connectivity index (χ2v) is 8.96. The van der Waals surface area contributed by atoms with Gasteiger partial charge in [-0.15, -0.1) is 0 Å².